The van der Waals surface area contributed by atoms with Crippen LogP contribution >= 0.6 is 0 Å². The third-order valence-corrected chi connectivity index (χ3v) is 12.3. The third kappa shape index (κ3) is 59.9. The first-order chi connectivity index (χ1) is 37.5. The Morgan fingerprint density at radius 3 is 0.803 bits per heavy atom. The second-order valence-electron chi connectivity index (χ2n) is 19.5. The van der Waals surface area contributed by atoms with Crippen molar-refractivity contribution in [1.82, 2.24) is 0 Å². The summed E-state index contributed by atoms with van der Waals surface area (Å²) in [5, 5.41) is 0. The lowest BCUT2D eigenvalue weighted by atomic mass is 10.1. The second-order valence-corrected chi connectivity index (χ2v) is 19.5. The van der Waals surface area contributed by atoms with Crippen molar-refractivity contribution in [2.24, 2.45) is 0 Å². The van der Waals surface area contributed by atoms with Crippen molar-refractivity contribution in [3.63, 3.8) is 0 Å². The fourth-order valence-electron chi connectivity index (χ4n) is 7.78. The predicted molar refractivity (Wildman–Crippen MR) is 329 cm³/mol. The van der Waals surface area contributed by atoms with Crippen LogP contribution in [-0.2, 0) is 28.6 Å². The highest BCUT2D eigenvalue weighted by Gasteiger charge is 2.19. The summed E-state index contributed by atoms with van der Waals surface area (Å²) in [6, 6.07) is 0. The highest BCUT2D eigenvalue weighted by molar-refractivity contribution is 5.71. The molecule has 0 spiro atoms. The van der Waals surface area contributed by atoms with Crippen molar-refractivity contribution < 1.29 is 28.6 Å². The van der Waals surface area contributed by atoms with Crippen molar-refractivity contribution in [3.05, 3.63) is 158 Å². The maximum absolute atomic E-state index is 12.8. The zero-order chi connectivity index (χ0) is 55.0. The SMILES string of the molecule is CC/C=C\C/C=C\C/C=C\C/C=C\C/C=C\C/C=C\C/C=C\C/C=C\C/C=C\C/C=C\CCCCCCC(=O)OCC(COC(=O)CCCCCCCCCC)OC(=O)CCCCCCC/C=C\C/C=C\C/C=C\CC. The van der Waals surface area contributed by atoms with Crippen LogP contribution < -0.4 is 0 Å². The molecule has 0 aliphatic rings. The summed E-state index contributed by atoms with van der Waals surface area (Å²) in [5.74, 6) is -0.953. The Morgan fingerprint density at radius 1 is 0.276 bits per heavy atom. The normalized spacial score (nSPS) is 13.2. The van der Waals surface area contributed by atoms with Crippen LogP contribution in [0.3, 0.4) is 0 Å². The van der Waals surface area contributed by atoms with Crippen LogP contribution in [0.25, 0.3) is 0 Å². The van der Waals surface area contributed by atoms with E-state index in [9.17, 15) is 14.4 Å². The zero-order valence-corrected chi connectivity index (χ0v) is 48.7. The molecule has 0 N–H and O–H groups in total. The summed E-state index contributed by atoms with van der Waals surface area (Å²) in [6.45, 7) is 6.33. The van der Waals surface area contributed by atoms with Crippen LogP contribution in [0.4, 0.5) is 0 Å². The second kappa shape index (κ2) is 62.6. The van der Waals surface area contributed by atoms with Gasteiger partial charge in [0.25, 0.3) is 0 Å². The largest absolute Gasteiger partial charge is 0.462 e. The maximum Gasteiger partial charge on any atom is 0.306 e. The number of rotatable bonds is 53. The summed E-state index contributed by atoms with van der Waals surface area (Å²) in [7, 11) is 0. The molecule has 0 fully saturated rings. The fraction of sp³-hybridized carbons (Fsp3) is 0.586. The summed E-state index contributed by atoms with van der Waals surface area (Å²) in [5.41, 5.74) is 0. The average Bonchev–Trinajstić information content (AvgIpc) is 3.42. The van der Waals surface area contributed by atoms with E-state index in [4.69, 9.17) is 14.2 Å². The number of carbonyl (C=O) groups excluding carboxylic acids is 3. The van der Waals surface area contributed by atoms with E-state index in [0.717, 1.165) is 173 Å². The number of hydrogen-bond donors (Lipinski definition) is 0. The minimum absolute atomic E-state index is 0.0976. The van der Waals surface area contributed by atoms with Crippen LogP contribution in [0.1, 0.15) is 245 Å². The summed E-state index contributed by atoms with van der Waals surface area (Å²) in [4.78, 5) is 38.0. The molecule has 0 aromatic heterocycles. The first kappa shape index (κ1) is 71.0. The van der Waals surface area contributed by atoms with E-state index in [1.807, 2.05) is 0 Å². The molecule has 6 nitrogen and oxygen atoms in total. The standard InChI is InChI=1S/C70H110O6/c1-4-7-10-13-16-19-21-23-25-26-27-28-29-30-31-32-33-34-35-36-37-38-39-40-41-42-43-44-46-47-49-51-54-57-60-63-69(72)75-66-67(65-74-68(71)62-59-56-53-18-15-12-9-6-3)76-70(73)64-61-58-55-52-50-48-45-24-22-20-17-14-11-8-5-2/h7-8,10-11,16-17,19-20,23-25,27-28,30-31,33-34,36-37,39-40,42-43,45-47,67H,4-6,9,12-15,18,21-22,26,29,32,35,38,41,44,48-66H2,1-3H3/b10-7-,11-8-,19-16-,20-17-,25-23-,28-27-,31-30-,34-33-,37-36-,40-39-,43-42-,45-24-,47-46-. The van der Waals surface area contributed by atoms with Gasteiger partial charge < -0.3 is 14.2 Å². The number of carbonyl (C=O) groups is 3. The van der Waals surface area contributed by atoms with Gasteiger partial charge in [0.1, 0.15) is 13.2 Å². The van der Waals surface area contributed by atoms with E-state index in [2.05, 4.69) is 179 Å². The molecule has 1 atom stereocenters. The molecule has 6 heteroatoms. The number of hydrogen-bond acceptors (Lipinski definition) is 6. The lowest BCUT2D eigenvalue weighted by Gasteiger charge is -2.18. The number of unbranched alkanes of at least 4 members (excludes halogenated alkanes) is 16. The van der Waals surface area contributed by atoms with Crippen LogP contribution in [0.5, 0.6) is 0 Å². The Bertz CT molecular complexity index is 1720. The summed E-state index contributed by atoms with van der Waals surface area (Å²) < 4.78 is 16.8. The van der Waals surface area contributed by atoms with Crippen LogP contribution in [-0.4, -0.2) is 37.2 Å². The number of allylic oxidation sites excluding steroid dienone is 26. The van der Waals surface area contributed by atoms with Gasteiger partial charge in [-0.2, -0.15) is 0 Å². The number of ether oxygens (including phenoxy) is 3. The minimum atomic E-state index is -0.801. The monoisotopic (exact) mass is 1050 g/mol. The molecule has 0 aliphatic heterocycles. The molecule has 0 radical (unpaired) electrons. The Kier molecular flexibility index (Phi) is 58.5. The van der Waals surface area contributed by atoms with Crippen LogP contribution in [0, 0.1) is 0 Å². The molecule has 0 amide bonds. The first-order valence-corrected chi connectivity index (χ1v) is 30.5. The molecular weight excluding hydrogens is 937 g/mol. The third-order valence-electron chi connectivity index (χ3n) is 12.3. The smallest absolute Gasteiger partial charge is 0.306 e. The topological polar surface area (TPSA) is 78.9 Å². The lowest BCUT2D eigenvalue weighted by molar-refractivity contribution is -0.167. The van der Waals surface area contributed by atoms with E-state index in [0.29, 0.717) is 19.3 Å². The molecule has 76 heavy (non-hydrogen) atoms. The van der Waals surface area contributed by atoms with Gasteiger partial charge in [-0.25, -0.2) is 0 Å². The van der Waals surface area contributed by atoms with E-state index < -0.39 is 6.10 Å². The van der Waals surface area contributed by atoms with Gasteiger partial charge in [-0.05, 0) is 128 Å². The van der Waals surface area contributed by atoms with Crippen molar-refractivity contribution >= 4 is 17.9 Å². The molecule has 0 heterocycles. The van der Waals surface area contributed by atoms with E-state index >= 15 is 0 Å². The molecule has 0 bridgehead atoms. The highest BCUT2D eigenvalue weighted by Crippen LogP contribution is 2.13. The van der Waals surface area contributed by atoms with Gasteiger partial charge in [0.2, 0.25) is 0 Å². The molecule has 0 aliphatic carbocycles. The van der Waals surface area contributed by atoms with Crippen molar-refractivity contribution in [1.29, 1.82) is 0 Å². The molecule has 1 unspecified atom stereocenters. The molecule has 0 saturated carbocycles. The van der Waals surface area contributed by atoms with Crippen LogP contribution in [0.2, 0.25) is 0 Å². The van der Waals surface area contributed by atoms with Gasteiger partial charge in [-0.15, -0.1) is 0 Å². The molecule has 426 valence electrons. The highest BCUT2D eigenvalue weighted by atomic mass is 16.6. The molecule has 0 aromatic carbocycles. The summed E-state index contributed by atoms with van der Waals surface area (Å²) >= 11 is 0. The molecule has 0 aromatic rings. The van der Waals surface area contributed by atoms with Gasteiger partial charge in [-0.1, -0.05) is 256 Å². The quantitative estimate of drug-likeness (QED) is 0.0261. The zero-order valence-electron chi connectivity index (χ0n) is 48.7. The Hall–Kier alpha value is -4.97. The van der Waals surface area contributed by atoms with Gasteiger partial charge in [0.15, 0.2) is 6.10 Å². The fourth-order valence-corrected chi connectivity index (χ4v) is 7.78. The molecular formula is C70H110O6. The Labute approximate surface area is 467 Å². The maximum atomic E-state index is 12.8. The van der Waals surface area contributed by atoms with E-state index in [1.165, 1.54) is 32.1 Å². The Balaban J connectivity index is 4.25. The minimum Gasteiger partial charge on any atom is -0.462 e. The summed E-state index contributed by atoms with van der Waals surface area (Å²) in [6.07, 6.45) is 91.2. The predicted octanol–water partition coefficient (Wildman–Crippen LogP) is 20.9. The average molecular weight is 1050 g/mol. The Morgan fingerprint density at radius 2 is 0.513 bits per heavy atom. The molecule has 0 saturated heterocycles. The van der Waals surface area contributed by atoms with Gasteiger partial charge >= 0.3 is 17.9 Å². The van der Waals surface area contributed by atoms with Crippen molar-refractivity contribution in [2.45, 2.75) is 252 Å². The van der Waals surface area contributed by atoms with E-state index in [-0.39, 0.29) is 31.1 Å². The van der Waals surface area contributed by atoms with Crippen LogP contribution in [0.15, 0.2) is 158 Å². The molecule has 0 rings (SSSR count). The lowest BCUT2D eigenvalue weighted by Crippen LogP contribution is -2.30. The van der Waals surface area contributed by atoms with Gasteiger partial charge in [0, 0.05) is 19.3 Å². The van der Waals surface area contributed by atoms with Crippen molar-refractivity contribution in [3.8, 4) is 0 Å². The van der Waals surface area contributed by atoms with Gasteiger partial charge in [-0.3, -0.25) is 14.4 Å². The van der Waals surface area contributed by atoms with Gasteiger partial charge in [0.05, 0.1) is 0 Å². The van der Waals surface area contributed by atoms with E-state index in [1.54, 1.807) is 0 Å². The van der Waals surface area contributed by atoms with Crippen molar-refractivity contribution in [2.75, 3.05) is 13.2 Å². The number of esters is 3. The first-order valence-electron chi connectivity index (χ1n) is 30.5.